The lowest BCUT2D eigenvalue weighted by Gasteiger charge is -2.29. The normalized spacial score (nSPS) is 11.2. The Morgan fingerprint density at radius 1 is 1.00 bits per heavy atom. The molecule has 0 heterocycles. The number of amides is 1. The number of hydrogen-bond donors (Lipinski definition) is 1. The van der Waals surface area contributed by atoms with Crippen molar-refractivity contribution in [2.45, 2.75) is 26.0 Å². The maximum atomic E-state index is 12.6. The number of hydrogen-bond acceptors (Lipinski definition) is 2. The van der Waals surface area contributed by atoms with Crippen LogP contribution in [0.4, 0.5) is 0 Å². The van der Waals surface area contributed by atoms with E-state index >= 15 is 0 Å². The lowest BCUT2D eigenvalue weighted by atomic mass is 10.1. The molecule has 0 aliphatic carbocycles. The molecule has 1 amide bonds. The van der Waals surface area contributed by atoms with Gasteiger partial charge in [-0.15, -0.1) is 0 Å². The third-order valence-corrected chi connectivity index (χ3v) is 3.10. The Bertz CT molecular complexity index is 573. The highest BCUT2D eigenvalue weighted by molar-refractivity contribution is 5.94. The van der Waals surface area contributed by atoms with Gasteiger partial charge in [0.15, 0.2) is 0 Å². The Labute approximate surface area is 125 Å². The van der Waals surface area contributed by atoms with Gasteiger partial charge in [0.2, 0.25) is 0 Å². The number of benzene rings is 2. The summed E-state index contributed by atoms with van der Waals surface area (Å²) >= 11 is 0. The fourth-order valence-electron chi connectivity index (χ4n) is 2.23. The van der Waals surface area contributed by atoms with Crippen LogP contribution in [0.15, 0.2) is 60.7 Å². The minimum Gasteiger partial charge on any atom is -0.389 e. The standard InChI is InChI=1S/C18H21NO2/c1-18(2,21)14-19(13-15-9-5-3-6-10-15)17(20)16-11-7-4-8-12-16/h3-12,21H,13-14H2,1-2H3. The Kier molecular flexibility index (Phi) is 4.76. The molecule has 0 fully saturated rings. The highest BCUT2D eigenvalue weighted by Gasteiger charge is 2.23. The third kappa shape index (κ3) is 4.72. The molecule has 0 spiro atoms. The molecule has 0 aromatic heterocycles. The molecule has 2 rings (SSSR count). The summed E-state index contributed by atoms with van der Waals surface area (Å²) in [6, 6.07) is 19.0. The van der Waals surface area contributed by atoms with Crippen LogP contribution in [-0.4, -0.2) is 28.1 Å². The minimum atomic E-state index is -0.931. The van der Waals surface area contributed by atoms with E-state index in [1.165, 1.54) is 0 Å². The predicted octanol–water partition coefficient (Wildman–Crippen LogP) is 3.10. The molecule has 1 N–H and O–H groups in total. The van der Waals surface area contributed by atoms with E-state index in [0.717, 1.165) is 5.56 Å². The minimum absolute atomic E-state index is 0.0680. The van der Waals surface area contributed by atoms with Crippen molar-refractivity contribution in [3.63, 3.8) is 0 Å². The molecule has 0 atom stereocenters. The number of nitrogens with zero attached hydrogens (tertiary/aromatic N) is 1. The molecule has 3 nitrogen and oxygen atoms in total. The molecular weight excluding hydrogens is 262 g/mol. The number of aliphatic hydroxyl groups is 1. The summed E-state index contributed by atoms with van der Waals surface area (Å²) < 4.78 is 0. The predicted molar refractivity (Wildman–Crippen MR) is 83.9 cm³/mol. The fourth-order valence-corrected chi connectivity index (χ4v) is 2.23. The molecule has 21 heavy (non-hydrogen) atoms. The van der Waals surface area contributed by atoms with Crippen molar-refractivity contribution in [1.82, 2.24) is 4.90 Å². The largest absolute Gasteiger partial charge is 0.389 e. The maximum Gasteiger partial charge on any atom is 0.254 e. The molecule has 0 aliphatic rings. The van der Waals surface area contributed by atoms with Crippen LogP contribution >= 0.6 is 0 Å². The van der Waals surface area contributed by atoms with Gasteiger partial charge in [-0.05, 0) is 31.5 Å². The van der Waals surface area contributed by atoms with Gasteiger partial charge < -0.3 is 10.0 Å². The topological polar surface area (TPSA) is 40.5 Å². The van der Waals surface area contributed by atoms with Gasteiger partial charge in [0.25, 0.3) is 5.91 Å². The van der Waals surface area contributed by atoms with Crippen molar-refractivity contribution >= 4 is 5.91 Å². The van der Waals surface area contributed by atoms with E-state index in [9.17, 15) is 9.90 Å². The van der Waals surface area contributed by atoms with Gasteiger partial charge in [-0.3, -0.25) is 4.79 Å². The summed E-state index contributed by atoms with van der Waals surface area (Å²) in [5, 5.41) is 10.1. The van der Waals surface area contributed by atoms with Crippen molar-refractivity contribution in [2.24, 2.45) is 0 Å². The van der Waals surface area contributed by atoms with Crippen LogP contribution in [0.2, 0.25) is 0 Å². The first-order valence-electron chi connectivity index (χ1n) is 7.06. The fraction of sp³-hybridized carbons (Fsp3) is 0.278. The monoisotopic (exact) mass is 283 g/mol. The molecule has 2 aromatic rings. The molecule has 2 aromatic carbocycles. The summed E-state index contributed by atoms with van der Waals surface area (Å²) in [6.45, 7) is 4.20. The summed E-state index contributed by atoms with van der Waals surface area (Å²) in [5.41, 5.74) is 0.753. The van der Waals surface area contributed by atoms with Crippen LogP contribution in [0.25, 0.3) is 0 Å². The smallest absolute Gasteiger partial charge is 0.254 e. The summed E-state index contributed by atoms with van der Waals surface area (Å²) in [6.07, 6.45) is 0. The first kappa shape index (κ1) is 15.3. The van der Waals surface area contributed by atoms with Gasteiger partial charge in [0.05, 0.1) is 5.60 Å². The van der Waals surface area contributed by atoms with Gasteiger partial charge in [0.1, 0.15) is 0 Å². The van der Waals surface area contributed by atoms with Gasteiger partial charge >= 0.3 is 0 Å². The lowest BCUT2D eigenvalue weighted by molar-refractivity contribution is 0.0280. The molecule has 0 bridgehead atoms. The number of carbonyl (C=O) groups is 1. The van der Waals surface area contributed by atoms with E-state index in [0.29, 0.717) is 12.1 Å². The van der Waals surface area contributed by atoms with Crippen molar-refractivity contribution in [2.75, 3.05) is 6.54 Å². The van der Waals surface area contributed by atoms with Gasteiger partial charge in [-0.1, -0.05) is 48.5 Å². The van der Waals surface area contributed by atoms with E-state index in [2.05, 4.69) is 0 Å². The highest BCUT2D eigenvalue weighted by Crippen LogP contribution is 2.14. The molecule has 110 valence electrons. The van der Waals surface area contributed by atoms with Crippen molar-refractivity contribution in [3.05, 3.63) is 71.8 Å². The van der Waals surface area contributed by atoms with Crippen LogP contribution in [0, 0.1) is 0 Å². The molecule has 0 saturated carbocycles. The zero-order chi connectivity index (χ0) is 15.3. The van der Waals surface area contributed by atoms with E-state index in [1.54, 1.807) is 30.9 Å². The van der Waals surface area contributed by atoms with Gasteiger partial charge in [-0.25, -0.2) is 0 Å². The van der Waals surface area contributed by atoms with Crippen molar-refractivity contribution < 1.29 is 9.90 Å². The Morgan fingerprint density at radius 3 is 2.05 bits per heavy atom. The quantitative estimate of drug-likeness (QED) is 0.916. The van der Waals surface area contributed by atoms with Crippen LogP contribution in [-0.2, 0) is 6.54 Å². The van der Waals surface area contributed by atoms with E-state index < -0.39 is 5.60 Å². The average Bonchev–Trinajstić information content (AvgIpc) is 2.46. The second kappa shape index (κ2) is 6.55. The van der Waals surface area contributed by atoms with E-state index in [4.69, 9.17) is 0 Å². The molecule has 0 saturated heterocycles. The number of carbonyl (C=O) groups excluding carboxylic acids is 1. The molecule has 0 aliphatic heterocycles. The number of rotatable bonds is 5. The van der Waals surface area contributed by atoms with Gasteiger partial charge in [0, 0.05) is 18.7 Å². The van der Waals surface area contributed by atoms with Crippen molar-refractivity contribution in [1.29, 1.82) is 0 Å². The Hall–Kier alpha value is -2.13. The first-order chi connectivity index (χ1) is 9.96. The zero-order valence-electron chi connectivity index (χ0n) is 12.5. The molecular formula is C18H21NO2. The first-order valence-corrected chi connectivity index (χ1v) is 7.06. The van der Waals surface area contributed by atoms with Crippen LogP contribution in [0.5, 0.6) is 0 Å². The average molecular weight is 283 g/mol. The van der Waals surface area contributed by atoms with Gasteiger partial charge in [-0.2, -0.15) is 0 Å². The maximum absolute atomic E-state index is 12.6. The summed E-state index contributed by atoms with van der Waals surface area (Å²) in [5.74, 6) is -0.0680. The molecule has 0 radical (unpaired) electrons. The summed E-state index contributed by atoms with van der Waals surface area (Å²) in [7, 11) is 0. The van der Waals surface area contributed by atoms with Crippen LogP contribution in [0.1, 0.15) is 29.8 Å². The summed E-state index contributed by atoms with van der Waals surface area (Å²) in [4.78, 5) is 14.3. The highest BCUT2D eigenvalue weighted by atomic mass is 16.3. The lowest BCUT2D eigenvalue weighted by Crippen LogP contribution is -2.41. The molecule has 0 unspecified atom stereocenters. The SMILES string of the molecule is CC(C)(O)CN(Cc1ccccc1)C(=O)c1ccccc1. The second-order valence-corrected chi connectivity index (χ2v) is 5.83. The molecule has 3 heteroatoms. The third-order valence-electron chi connectivity index (χ3n) is 3.10. The zero-order valence-corrected chi connectivity index (χ0v) is 12.5. The van der Waals surface area contributed by atoms with Crippen LogP contribution < -0.4 is 0 Å². The van der Waals surface area contributed by atoms with E-state index in [1.807, 2.05) is 48.5 Å². The Balaban J connectivity index is 2.22. The second-order valence-electron chi connectivity index (χ2n) is 5.83. The van der Waals surface area contributed by atoms with E-state index in [-0.39, 0.29) is 12.5 Å². The Morgan fingerprint density at radius 2 is 1.52 bits per heavy atom. The van der Waals surface area contributed by atoms with Crippen LogP contribution in [0.3, 0.4) is 0 Å². The van der Waals surface area contributed by atoms with Crippen molar-refractivity contribution in [3.8, 4) is 0 Å².